The minimum absolute atomic E-state index is 0.0761. The number of urea groups is 1. The molecule has 2 bridgehead atoms. The fraction of sp³-hybridized carbons (Fsp3) is 0.500. The first kappa shape index (κ1) is 16.7. The van der Waals surface area contributed by atoms with Crippen molar-refractivity contribution in [3.63, 3.8) is 0 Å². The van der Waals surface area contributed by atoms with E-state index in [0.717, 1.165) is 25.7 Å². The Labute approximate surface area is 152 Å². The van der Waals surface area contributed by atoms with Crippen molar-refractivity contribution in [2.45, 2.75) is 43.8 Å². The summed E-state index contributed by atoms with van der Waals surface area (Å²) >= 11 is 0. The van der Waals surface area contributed by atoms with Crippen molar-refractivity contribution in [1.82, 2.24) is 19.9 Å². The summed E-state index contributed by atoms with van der Waals surface area (Å²) < 4.78 is 10.6. The maximum atomic E-state index is 12.9. The quantitative estimate of drug-likeness (QED) is 0.910. The van der Waals surface area contributed by atoms with Crippen LogP contribution in [0.2, 0.25) is 0 Å². The van der Waals surface area contributed by atoms with Crippen LogP contribution in [0.25, 0.3) is 0 Å². The third-order valence-electron chi connectivity index (χ3n) is 5.36. The number of aromatic nitrogens is 3. The number of anilines is 1. The predicted molar refractivity (Wildman–Crippen MR) is 95.5 cm³/mol. The topological polar surface area (TPSA) is 81.5 Å². The Kier molecular flexibility index (Phi) is 4.40. The average Bonchev–Trinajstić information content (AvgIpc) is 3.28. The number of hydrogen-bond donors (Lipinski definition) is 1. The number of nitrogens with zero attached hydrogens (tertiary/aromatic N) is 4. The Morgan fingerprint density at radius 1 is 1.08 bits per heavy atom. The number of carbonyl (C=O) groups excluding carboxylic acids is 1. The van der Waals surface area contributed by atoms with E-state index in [1.165, 1.54) is 0 Å². The summed E-state index contributed by atoms with van der Waals surface area (Å²) in [6, 6.07) is 6.00. The molecule has 1 aromatic carbocycles. The lowest BCUT2D eigenvalue weighted by Gasteiger charge is -2.38. The number of hydrogen-bond acceptors (Lipinski definition) is 5. The minimum atomic E-state index is -0.0761. The summed E-state index contributed by atoms with van der Waals surface area (Å²) in [4.78, 5) is 16.7. The molecule has 2 unspecified atom stereocenters. The lowest BCUT2D eigenvalue weighted by molar-refractivity contribution is 0.124. The van der Waals surface area contributed by atoms with Gasteiger partial charge in [0.2, 0.25) is 0 Å². The number of carbonyl (C=O) groups is 1. The van der Waals surface area contributed by atoms with Crippen LogP contribution in [0.4, 0.5) is 10.5 Å². The summed E-state index contributed by atoms with van der Waals surface area (Å²) in [5.74, 6) is 1.27. The molecule has 1 aromatic heterocycles. The summed E-state index contributed by atoms with van der Waals surface area (Å²) in [6.45, 7) is 0. The van der Waals surface area contributed by atoms with Crippen LogP contribution in [-0.4, -0.2) is 52.2 Å². The Hall–Kier alpha value is -2.77. The molecule has 0 saturated carbocycles. The number of amides is 2. The van der Waals surface area contributed by atoms with Crippen molar-refractivity contribution < 1.29 is 14.3 Å². The largest absolute Gasteiger partial charge is 0.497 e. The molecule has 2 amide bonds. The molecule has 8 heteroatoms. The first-order valence-corrected chi connectivity index (χ1v) is 8.86. The Balaban J connectivity index is 1.48. The van der Waals surface area contributed by atoms with Crippen molar-refractivity contribution in [3.8, 4) is 11.5 Å². The smallest absolute Gasteiger partial charge is 0.322 e. The second kappa shape index (κ2) is 6.86. The van der Waals surface area contributed by atoms with E-state index in [1.807, 2.05) is 11.0 Å². The standard InChI is InChI=1S/C18H23N5O3/c1-25-15-5-6-16(17(11-15)26-2)21-18(24)22-12-3-4-13(22)10-14(9-12)23-19-7-8-20-23/h5-8,11-14H,3-4,9-10H2,1-2H3,(H,21,24). The summed E-state index contributed by atoms with van der Waals surface area (Å²) in [6.07, 6.45) is 7.23. The molecule has 2 aliphatic heterocycles. The molecule has 2 aromatic rings. The van der Waals surface area contributed by atoms with Gasteiger partial charge in [0.25, 0.3) is 0 Å². The van der Waals surface area contributed by atoms with Crippen LogP contribution >= 0.6 is 0 Å². The summed E-state index contributed by atoms with van der Waals surface area (Å²) in [5, 5.41) is 11.5. The molecule has 2 aliphatic rings. The van der Waals surface area contributed by atoms with Gasteiger partial charge in [-0.15, -0.1) is 0 Å². The molecule has 0 aliphatic carbocycles. The van der Waals surface area contributed by atoms with Gasteiger partial charge in [0, 0.05) is 18.2 Å². The highest BCUT2D eigenvalue weighted by atomic mass is 16.5. The number of benzene rings is 1. The minimum Gasteiger partial charge on any atom is -0.497 e. The molecule has 3 heterocycles. The molecular formula is C18H23N5O3. The van der Waals surface area contributed by atoms with Crippen molar-refractivity contribution >= 4 is 11.7 Å². The first-order chi connectivity index (χ1) is 12.7. The number of piperidine rings is 1. The zero-order valence-corrected chi connectivity index (χ0v) is 15.0. The van der Waals surface area contributed by atoms with Gasteiger partial charge in [-0.05, 0) is 37.8 Å². The van der Waals surface area contributed by atoms with Gasteiger partial charge >= 0.3 is 6.03 Å². The molecule has 2 atom stereocenters. The van der Waals surface area contributed by atoms with Crippen molar-refractivity contribution in [1.29, 1.82) is 0 Å². The molecule has 2 saturated heterocycles. The molecule has 4 rings (SSSR count). The SMILES string of the molecule is COc1ccc(NC(=O)N2C3CCC2CC(n2nccn2)C3)c(OC)c1. The molecule has 8 nitrogen and oxygen atoms in total. The van der Waals surface area contributed by atoms with E-state index < -0.39 is 0 Å². The highest BCUT2D eigenvalue weighted by Crippen LogP contribution is 2.41. The molecule has 0 spiro atoms. The van der Waals surface area contributed by atoms with Crippen LogP contribution in [0, 0.1) is 0 Å². The number of rotatable bonds is 4. The maximum absolute atomic E-state index is 12.9. The lowest BCUT2D eigenvalue weighted by Crippen LogP contribution is -2.49. The Morgan fingerprint density at radius 2 is 1.77 bits per heavy atom. The molecule has 138 valence electrons. The second-order valence-electron chi connectivity index (χ2n) is 6.76. The van der Waals surface area contributed by atoms with Gasteiger partial charge in [-0.2, -0.15) is 15.0 Å². The van der Waals surface area contributed by atoms with Gasteiger partial charge in [-0.25, -0.2) is 4.79 Å². The van der Waals surface area contributed by atoms with Gasteiger partial charge in [0.15, 0.2) is 0 Å². The third-order valence-corrected chi connectivity index (χ3v) is 5.36. The predicted octanol–water partition coefficient (Wildman–Crippen LogP) is 2.70. The number of nitrogens with one attached hydrogen (secondary N) is 1. The maximum Gasteiger partial charge on any atom is 0.322 e. The second-order valence-corrected chi connectivity index (χ2v) is 6.76. The normalized spacial score (nSPS) is 24.4. The molecule has 0 radical (unpaired) electrons. The van der Waals surface area contributed by atoms with Crippen LogP contribution in [0.5, 0.6) is 11.5 Å². The van der Waals surface area contributed by atoms with Gasteiger partial charge in [0.05, 0.1) is 38.3 Å². The van der Waals surface area contributed by atoms with E-state index in [2.05, 4.69) is 15.5 Å². The molecular weight excluding hydrogens is 334 g/mol. The van der Waals surface area contributed by atoms with Crippen LogP contribution in [0.15, 0.2) is 30.6 Å². The zero-order valence-electron chi connectivity index (χ0n) is 15.0. The van der Waals surface area contributed by atoms with Crippen LogP contribution < -0.4 is 14.8 Å². The summed E-state index contributed by atoms with van der Waals surface area (Å²) in [7, 11) is 3.18. The van der Waals surface area contributed by atoms with Gasteiger partial charge in [-0.3, -0.25) is 0 Å². The van der Waals surface area contributed by atoms with E-state index in [9.17, 15) is 4.79 Å². The average molecular weight is 357 g/mol. The first-order valence-electron chi connectivity index (χ1n) is 8.86. The highest BCUT2D eigenvalue weighted by molar-refractivity contribution is 5.91. The fourth-order valence-electron chi connectivity index (χ4n) is 4.16. The molecule has 1 N–H and O–H groups in total. The third kappa shape index (κ3) is 2.95. The highest BCUT2D eigenvalue weighted by Gasteiger charge is 2.44. The summed E-state index contributed by atoms with van der Waals surface area (Å²) in [5.41, 5.74) is 0.647. The lowest BCUT2D eigenvalue weighted by atomic mass is 9.98. The van der Waals surface area contributed by atoms with E-state index in [1.54, 1.807) is 43.5 Å². The fourth-order valence-corrected chi connectivity index (χ4v) is 4.16. The number of ether oxygens (including phenoxy) is 2. The van der Waals surface area contributed by atoms with Crippen molar-refractivity contribution in [2.24, 2.45) is 0 Å². The van der Waals surface area contributed by atoms with Crippen LogP contribution in [-0.2, 0) is 0 Å². The van der Waals surface area contributed by atoms with Crippen LogP contribution in [0.1, 0.15) is 31.7 Å². The molecule has 26 heavy (non-hydrogen) atoms. The van der Waals surface area contributed by atoms with E-state index in [-0.39, 0.29) is 24.2 Å². The van der Waals surface area contributed by atoms with Crippen LogP contribution in [0.3, 0.4) is 0 Å². The van der Waals surface area contributed by atoms with Gasteiger partial charge in [0.1, 0.15) is 11.5 Å². The van der Waals surface area contributed by atoms with Crippen molar-refractivity contribution in [2.75, 3.05) is 19.5 Å². The monoisotopic (exact) mass is 357 g/mol. The number of fused-ring (bicyclic) bond motifs is 2. The van der Waals surface area contributed by atoms with Gasteiger partial charge < -0.3 is 19.7 Å². The Morgan fingerprint density at radius 3 is 2.38 bits per heavy atom. The molecule has 2 fully saturated rings. The van der Waals surface area contributed by atoms with Crippen molar-refractivity contribution in [3.05, 3.63) is 30.6 Å². The van der Waals surface area contributed by atoms with E-state index in [4.69, 9.17) is 9.47 Å². The zero-order chi connectivity index (χ0) is 18.1. The van der Waals surface area contributed by atoms with Gasteiger partial charge in [-0.1, -0.05) is 0 Å². The van der Waals surface area contributed by atoms with E-state index >= 15 is 0 Å². The number of methoxy groups -OCH3 is 2. The Bertz CT molecular complexity index is 765. The van der Waals surface area contributed by atoms with E-state index in [0.29, 0.717) is 17.2 Å².